The van der Waals surface area contributed by atoms with Gasteiger partial charge in [0, 0.05) is 30.9 Å². The fraction of sp³-hybridized carbons (Fsp3) is 0.0952. The number of nitrogens with one attached hydrogen (secondary N) is 1. The van der Waals surface area contributed by atoms with Crippen LogP contribution in [-0.4, -0.2) is 13.7 Å². The van der Waals surface area contributed by atoms with Gasteiger partial charge in [-0.15, -0.1) is 0 Å². The Bertz CT molecular complexity index is 1400. The maximum absolute atomic E-state index is 13.0. The summed E-state index contributed by atoms with van der Waals surface area (Å²) in [6, 6.07) is 17.1. The lowest BCUT2D eigenvalue weighted by atomic mass is 10.2. The molecule has 7 nitrogen and oxygen atoms in total. The molecule has 0 amide bonds. The van der Waals surface area contributed by atoms with Crippen LogP contribution in [0.4, 0.5) is 11.4 Å². The molecule has 2 heterocycles. The van der Waals surface area contributed by atoms with E-state index in [1.165, 1.54) is 29.3 Å². The number of aromatic nitrogens is 3. The predicted octanol–water partition coefficient (Wildman–Crippen LogP) is 2.79. The Balaban J connectivity index is 2.12. The van der Waals surface area contributed by atoms with Crippen LogP contribution < -0.4 is 22.1 Å². The molecule has 0 atom stereocenters. The first-order chi connectivity index (χ1) is 13.9. The van der Waals surface area contributed by atoms with E-state index in [4.69, 9.17) is 11.6 Å². The lowest BCUT2D eigenvalue weighted by Crippen LogP contribution is -2.40. The molecule has 29 heavy (non-hydrogen) atoms. The Hall–Kier alpha value is -3.58. The normalized spacial score (nSPS) is 11.0. The largest absolute Gasteiger partial charge is 0.355 e. The molecule has 0 spiro atoms. The molecule has 0 radical (unpaired) electrons. The maximum atomic E-state index is 13.0. The van der Waals surface area contributed by atoms with Gasteiger partial charge >= 0.3 is 5.69 Å². The lowest BCUT2D eigenvalue weighted by Gasteiger charge is -2.17. The van der Waals surface area contributed by atoms with Crippen molar-refractivity contribution in [1.82, 2.24) is 13.7 Å². The molecule has 2 aromatic carbocycles. The highest BCUT2D eigenvalue weighted by atomic mass is 35.5. The van der Waals surface area contributed by atoms with Crippen LogP contribution in [0.5, 0.6) is 0 Å². The van der Waals surface area contributed by atoms with E-state index in [1.54, 1.807) is 48.5 Å². The maximum Gasteiger partial charge on any atom is 0.336 e. The van der Waals surface area contributed by atoms with Crippen LogP contribution in [0.15, 0.2) is 75.0 Å². The van der Waals surface area contributed by atoms with Gasteiger partial charge in [-0.1, -0.05) is 29.8 Å². The first-order valence-corrected chi connectivity index (χ1v) is 9.20. The number of aryl methyl sites for hydroxylation is 1. The highest BCUT2D eigenvalue weighted by Crippen LogP contribution is 2.24. The molecule has 0 saturated heterocycles. The van der Waals surface area contributed by atoms with Gasteiger partial charge in [-0.05, 0) is 36.4 Å². The minimum Gasteiger partial charge on any atom is -0.355 e. The van der Waals surface area contributed by atoms with Crippen molar-refractivity contribution in [2.45, 2.75) is 0 Å². The first kappa shape index (κ1) is 18.8. The molecular weight excluding hydrogens is 392 g/mol. The van der Waals surface area contributed by atoms with Gasteiger partial charge in [-0.3, -0.25) is 18.7 Å². The van der Waals surface area contributed by atoms with Crippen molar-refractivity contribution >= 4 is 34.0 Å². The monoisotopic (exact) mass is 408 g/mol. The van der Waals surface area contributed by atoms with E-state index < -0.39 is 11.2 Å². The molecule has 146 valence electrons. The number of hydrogen-bond donors (Lipinski definition) is 1. The summed E-state index contributed by atoms with van der Waals surface area (Å²) in [5, 5.41) is 3.91. The van der Waals surface area contributed by atoms with Crippen molar-refractivity contribution < 1.29 is 0 Å². The van der Waals surface area contributed by atoms with Crippen molar-refractivity contribution in [2.75, 3.05) is 5.32 Å². The van der Waals surface area contributed by atoms with E-state index in [0.29, 0.717) is 22.1 Å². The lowest BCUT2D eigenvalue weighted by molar-refractivity contribution is 0.729. The molecule has 0 bridgehead atoms. The van der Waals surface area contributed by atoms with E-state index >= 15 is 0 Å². The summed E-state index contributed by atoms with van der Waals surface area (Å²) in [5.74, 6) is 0. The zero-order chi connectivity index (χ0) is 20.7. The molecule has 2 aromatic heterocycles. The van der Waals surface area contributed by atoms with Crippen molar-refractivity contribution in [3.05, 3.63) is 96.9 Å². The average molecular weight is 409 g/mol. The number of hydrogen-bond acceptors (Lipinski definition) is 4. The van der Waals surface area contributed by atoms with Crippen LogP contribution >= 0.6 is 11.6 Å². The van der Waals surface area contributed by atoms with Gasteiger partial charge < -0.3 is 5.32 Å². The average Bonchev–Trinajstić information content (AvgIpc) is 2.72. The van der Waals surface area contributed by atoms with Gasteiger partial charge in [0.15, 0.2) is 0 Å². The van der Waals surface area contributed by atoms with E-state index in [2.05, 4.69) is 5.32 Å². The number of rotatable bonds is 3. The Kier molecular flexibility index (Phi) is 4.60. The Morgan fingerprint density at radius 3 is 2.17 bits per heavy atom. The molecule has 0 aliphatic heterocycles. The van der Waals surface area contributed by atoms with Crippen molar-refractivity contribution in [2.24, 2.45) is 14.1 Å². The predicted molar refractivity (Wildman–Crippen MR) is 115 cm³/mol. The van der Waals surface area contributed by atoms with Crippen LogP contribution in [0.2, 0.25) is 5.02 Å². The summed E-state index contributed by atoms with van der Waals surface area (Å²) in [6.45, 7) is 0. The van der Waals surface area contributed by atoms with E-state index in [-0.39, 0.29) is 16.6 Å². The Labute approximate surface area is 170 Å². The summed E-state index contributed by atoms with van der Waals surface area (Å²) in [7, 11) is 2.95. The number of anilines is 2. The quantitative estimate of drug-likeness (QED) is 0.565. The van der Waals surface area contributed by atoms with Gasteiger partial charge in [0.05, 0.1) is 11.4 Å². The Morgan fingerprint density at radius 2 is 1.52 bits per heavy atom. The summed E-state index contributed by atoms with van der Waals surface area (Å²) >= 11 is 5.94. The molecule has 1 N–H and O–H groups in total. The first-order valence-electron chi connectivity index (χ1n) is 8.82. The zero-order valence-corrected chi connectivity index (χ0v) is 16.5. The molecule has 0 saturated carbocycles. The van der Waals surface area contributed by atoms with Gasteiger partial charge in [-0.2, -0.15) is 0 Å². The van der Waals surface area contributed by atoms with E-state index in [9.17, 15) is 14.4 Å². The second-order valence-electron chi connectivity index (χ2n) is 6.60. The summed E-state index contributed by atoms with van der Waals surface area (Å²) in [6.07, 6.45) is 0. The standard InChI is InChI=1S/C21H17ClN4O3/c1-24-17(27)12-16(23-14-10-8-13(22)9-11-14)18-19(24)26(15-6-4-3-5-7-15)21(29)25(2)20(18)28/h3-12,23H,1-2H3. The third-order valence-corrected chi connectivity index (χ3v) is 5.01. The molecule has 0 aliphatic carbocycles. The van der Waals surface area contributed by atoms with Crippen molar-refractivity contribution in [3.8, 4) is 5.69 Å². The topological polar surface area (TPSA) is 78.0 Å². The van der Waals surface area contributed by atoms with Crippen LogP contribution in [-0.2, 0) is 14.1 Å². The van der Waals surface area contributed by atoms with Crippen molar-refractivity contribution in [3.63, 3.8) is 0 Å². The third kappa shape index (κ3) is 3.15. The molecular formula is C21H17ClN4O3. The SMILES string of the molecule is Cn1c(=O)c2c(Nc3ccc(Cl)cc3)cc(=O)n(C)c2n(-c2ccccc2)c1=O. The fourth-order valence-corrected chi connectivity index (χ4v) is 3.38. The van der Waals surface area contributed by atoms with Gasteiger partial charge in [-0.25, -0.2) is 9.36 Å². The molecule has 4 aromatic rings. The number of pyridine rings is 1. The minimum absolute atomic E-state index is 0.216. The Morgan fingerprint density at radius 1 is 0.862 bits per heavy atom. The van der Waals surface area contributed by atoms with E-state index in [0.717, 1.165) is 4.57 Å². The third-order valence-electron chi connectivity index (χ3n) is 4.76. The molecule has 8 heteroatoms. The number of halogens is 1. The fourth-order valence-electron chi connectivity index (χ4n) is 3.25. The van der Waals surface area contributed by atoms with Crippen LogP contribution in [0, 0.1) is 0 Å². The minimum atomic E-state index is -0.535. The smallest absolute Gasteiger partial charge is 0.336 e. The molecule has 0 fully saturated rings. The van der Waals surface area contributed by atoms with E-state index in [1.807, 2.05) is 6.07 Å². The molecule has 4 rings (SSSR count). The molecule has 0 aliphatic rings. The molecule has 0 unspecified atom stereocenters. The summed E-state index contributed by atoms with van der Waals surface area (Å²) in [4.78, 5) is 38.7. The van der Waals surface area contributed by atoms with Crippen molar-refractivity contribution in [1.29, 1.82) is 0 Å². The number of para-hydroxylation sites is 1. The number of benzene rings is 2. The summed E-state index contributed by atoms with van der Waals surface area (Å²) < 4.78 is 3.70. The van der Waals surface area contributed by atoms with Crippen LogP contribution in [0.25, 0.3) is 16.7 Å². The van der Waals surface area contributed by atoms with Crippen LogP contribution in [0.3, 0.4) is 0 Å². The number of nitrogens with zero attached hydrogens (tertiary/aromatic N) is 3. The zero-order valence-electron chi connectivity index (χ0n) is 15.7. The summed E-state index contributed by atoms with van der Waals surface area (Å²) in [5.41, 5.74) is 0.354. The number of fused-ring (bicyclic) bond motifs is 1. The highest BCUT2D eigenvalue weighted by molar-refractivity contribution is 6.30. The van der Waals surface area contributed by atoms with Gasteiger partial charge in [0.2, 0.25) is 0 Å². The highest BCUT2D eigenvalue weighted by Gasteiger charge is 2.19. The van der Waals surface area contributed by atoms with Gasteiger partial charge in [0.25, 0.3) is 11.1 Å². The second kappa shape index (κ2) is 7.10. The second-order valence-corrected chi connectivity index (χ2v) is 7.04. The van der Waals surface area contributed by atoms with Crippen LogP contribution in [0.1, 0.15) is 0 Å². The van der Waals surface area contributed by atoms with Gasteiger partial charge in [0.1, 0.15) is 11.0 Å².